The fourth-order valence-corrected chi connectivity index (χ4v) is 2.65. The first-order valence-corrected chi connectivity index (χ1v) is 6.28. The van der Waals surface area contributed by atoms with Gasteiger partial charge < -0.3 is 19.3 Å². The Bertz CT molecular complexity index is 285. The summed E-state index contributed by atoms with van der Waals surface area (Å²) in [6.07, 6.45) is 2.18. The number of nitrogens with zero attached hydrogens (tertiary/aromatic N) is 2. The van der Waals surface area contributed by atoms with Gasteiger partial charge in [-0.1, -0.05) is 0 Å². The lowest BCUT2D eigenvalue weighted by atomic mass is 9.85. The topological polar surface area (TPSA) is 42.0 Å². The molecule has 1 atom stereocenters. The Morgan fingerprint density at radius 1 is 1.53 bits per heavy atom. The number of urea groups is 1. The molecule has 2 aliphatic rings. The highest BCUT2D eigenvalue weighted by molar-refractivity contribution is 5.75. The fourth-order valence-electron chi connectivity index (χ4n) is 2.65. The molecule has 0 unspecified atom stereocenters. The fraction of sp³-hybridized carbons (Fsp3) is 0.917. The maximum Gasteiger partial charge on any atom is 0.319 e. The monoisotopic (exact) mass is 242 g/mol. The lowest BCUT2D eigenvalue weighted by Crippen LogP contribution is -2.68. The zero-order valence-electron chi connectivity index (χ0n) is 10.9. The normalized spacial score (nSPS) is 26.8. The molecule has 0 saturated carbocycles. The van der Waals surface area contributed by atoms with Gasteiger partial charge in [0.15, 0.2) is 0 Å². The molecule has 0 aromatic rings. The Hall–Kier alpha value is -0.810. The van der Waals surface area contributed by atoms with Crippen LogP contribution in [0.4, 0.5) is 4.79 Å². The maximum absolute atomic E-state index is 11.7. The number of carbonyl (C=O) groups excluding carboxylic acids is 1. The van der Waals surface area contributed by atoms with E-state index in [-0.39, 0.29) is 11.6 Å². The minimum Gasteiger partial charge on any atom is -0.378 e. The molecule has 2 heterocycles. The van der Waals surface area contributed by atoms with Gasteiger partial charge in [-0.05, 0) is 13.3 Å². The maximum atomic E-state index is 11.7. The van der Waals surface area contributed by atoms with E-state index in [4.69, 9.17) is 9.47 Å². The van der Waals surface area contributed by atoms with Crippen LogP contribution in [0.3, 0.4) is 0 Å². The minimum atomic E-state index is -0.135. The molecular weight excluding hydrogens is 220 g/mol. The van der Waals surface area contributed by atoms with Gasteiger partial charge in [-0.3, -0.25) is 0 Å². The molecule has 0 aromatic carbocycles. The highest BCUT2D eigenvalue weighted by Crippen LogP contribution is 2.35. The van der Waals surface area contributed by atoms with Crippen LogP contribution in [0, 0.1) is 0 Å². The molecule has 2 amide bonds. The smallest absolute Gasteiger partial charge is 0.319 e. The lowest BCUT2D eigenvalue weighted by Gasteiger charge is -2.53. The van der Waals surface area contributed by atoms with E-state index < -0.39 is 0 Å². The summed E-state index contributed by atoms with van der Waals surface area (Å²) in [5.74, 6) is 0. The quantitative estimate of drug-likeness (QED) is 0.723. The number of rotatable bonds is 2. The van der Waals surface area contributed by atoms with Crippen LogP contribution in [0.1, 0.15) is 19.8 Å². The van der Waals surface area contributed by atoms with Gasteiger partial charge >= 0.3 is 6.03 Å². The summed E-state index contributed by atoms with van der Waals surface area (Å²) in [5.41, 5.74) is -0.135. The van der Waals surface area contributed by atoms with E-state index in [1.807, 2.05) is 11.8 Å². The van der Waals surface area contributed by atoms with E-state index in [0.717, 1.165) is 26.1 Å². The van der Waals surface area contributed by atoms with Crippen LogP contribution in [-0.4, -0.2) is 67.9 Å². The third-order valence-corrected chi connectivity index (χ3v) is 3.46. The molecule has 2 rings (SSSR count). The average molecular weight is 242 g/mol. The van der Waals surface area contributed by atoms with Gasteiger partial charge in [-0.25, -0.2) is 4.79 Å². The second-order valence-electron chi connectivity index (χ2n) is 5.13. The second-order valence-corrected chi connectivity index (χ2v) is 5.13. The molecule has 98 valence electrons. The largest absolute Gasteiger partial charge is 0.378 e. The number of amides is 2. The van der Waals surface area contributed by atoms with Gasteiger partial charge in [0, 0.05) is 33.7 Å². The molecule has 17 heavy (non-hydrogen) atoms. The molecule has 2 saturated heterocycles. The highest BCUT2D eigenvalue weighted by atomic mass is 16.5. The van der Waals surface area contributed by atoms with Crippen molar-refractivity contribution in [1.82, 2.24) is 9.80 Å². The van der Waals surface area contributed by atoms with Crippen LogP contribution >= 0.6 is 0 Å². The molecular formula is C12H22N2O3. The molecule has 0 radical (unpaired) electrons. The summed E-state index contributed by atoms with van der Waals surface area (Å²) in [4.78, 5) is 15.2. The van der Waals surface area contributed by atoms with Gasteiger partial charge in [0.05, 0.1) is 19.2 Å². The predicted molar refractivity (Wildman–Crippen MR) is 64.0 cm³/mol. The van der Waals surface area contributed by atoms with Gasteiger partial charge in [0.1, 0.15) is 5.60 Å². The van der Waals surface area contributed by atoms with Crippen molar-refractivity contribution in [2.45, 2.75) is 31.5 Å². The number of likely N-dealkylation sites (tertiary alicyclic amines) is 1. The Labute approximate surface area is 103 Å². The minimum absolute atomic E-state index is 0.0674. The third kappa shape index (κ3) is 2.55. The Morgan fingerprint density at radius 2 is 2.24 bits per heavy atom. The zero-order chi connectivity index (χ0) is 12.5. The summed E-state index contributed by atoms with van der Waals surface area (Å²) in [7, 11) is 3.55. The van der Waals surface area contributed by atoms with Crippen LogP contribution < -0.4 is 0 Å². The van der Waals surface area contributed by atoms with Crippen molar-refractivity contribution in [2.24, 2.45) is 0 Å². The molecule has 2 fully saturated rings. The van der Waals surface area contributed by atoms with E-state index in [1.165, 1.54) is 0 Å². The van der Waals surface area contributed by atoms with Crippen molar-refractivity contribution < 1.29 is 14.3 Å². The summed E-state index contributed by atoms with van der Waals surface area (Å²) >= 11 is 0. The lowest BCUT2D eigenvalue weighted by molar-refractivity contribution is -0.185. The van der Waals surface area contributed by atoms with E-state index >= 15 is 0 Å². The third-order valence-electron chi connectivity index (χ3n) is 3.46. The van der Waals surface area contributed by atoms with Crippen LogP contribution in [-0.2, 0) is 9.47 Å². The molecule has 0 aromatic heterocycles. The molecule has 0 bridgehead atoms. The number of ether oxygens (including phenoxy) is 2. The Morgan fingerprint density at radius 3 is 2.82 bits per heavy atom. The standard InChI is InChI=1S/C12H22N2O3/c1-4-16-10-5-6-17-12(7-10)8-14(9-12)11(15)13(2)3/h10H,4-9H2,1-3H3/t10-/m1/s1. The second kappa shape index (κ2) is 4.82. The summed E-state index contributed by atoms with van der Waals surface area (Å²) < 4.78 is 11.5. The zero-order valence-corrected chi connectivity index (χ0v) is 10.9. The van der Waals surface area contributed by atoms with Gasteiger partial charge in [-0.2, -0.15) is 0 Å². The molecule has 5 nitrogen and oxygen atoms in total. The first kappa shape index (κ1) is 12.6. The van der Waals surface area contributed by atoms with E-state index in [2.05, 4.69) is 0 Å². The van der Waals surface area contributed by atoms with Crippen molar-refractivity contribution in [3.05, 3.63) is 0 Å². The first-order chi connectivity index (χ1) is 8.06. The summed E-state index contributed by atoms with van der Waals surface area (Å²) in [6.45, 7) is 4.92. The summed E-state index contributed by atoms with van der Waals surface area (Å²) in [5, 5.41) is 0. The van der Waals surface area contributed by atoms with E-state index in [1.54, 1.807) is 19.0 Å². The van der Waals surface area contributed by atoms with E-state index in [9.17, 15) is 4.79 Å². The SMILES string of the molecule is CCO[C@@H]1CCOC2(C1)CN(C(=O)N(C)C)C2. The van der Waals surface area contributed by atoms with Gasteiger partial charge in [-0.15, -0.1) is 0 Å². The van der Waals surface area contributed by atoms with Crippen LogP contribution in [0.15, 0.2) is 0 Å². The number of hydrogen-bond acceptors (Lipinski definition) is 3. The van der Waals surface area contributed by atoms with Crippen molar-refractivity contribution in [3.63, 3.8) is 0 Å². The van der Waals surface area contributed by atoms with Crippen molar-refractivity contribution in [3.8, 4) is 0 Å². The number of carbonyl (C=O) groups is 1. The van der Waals surface area contributed by atoms with Crippen molar-refractivity contribution in [2.75, 3.05) is 40.4 Å². The molecule has 1 spiro atoms. The van der Waals surface area contributed by atoms with Gasteiger partial charge in [0.25, 0.3) is 0 Å². The average Bonchev–Trinajstić information content (AvgIpc) is 2.25. The van der Waals surface area contributed by atoms with Crippen molar-refractivity contribution >= 4 is 6.03 Å². The van der Waals surface area contributed by atoms with Crippen LogP contribution in [0.5, 0.6) is 0 Å². The summed E-state index contributed by atoms with van der Waals surface area (Å²) in [6, 6.07) is 0.0674. The Kier molecular flexibility index (Phi) is 3.58. The first-order valence-electron chi connectivity index (χ1n) is 6.28. The Balaban J connectivity index is 1.85. The van der Waals surface area contributed by atoms with Crippen molar-refractivity contribution in [1.29, 1.82) is 0 Å². The molecule has 2 aliphatic heterocycles. The van der Waals surface area contributed by atoms with E-state index in [0.29, 0.717) is 19.2 Å². The molecule has 0 aliphatic carbocycles. The predicted octanol–water partition coefficient (Wildman–Crippen LogP) is 0.938. The highest BCUT2D eigenvalue weighted by Gasteiger charge is 2.49. The van der Waals surface area contributed by atoms with Crippen LogP contribution in [0.25, 0.3) is 0 Å². The number of hydrogen-bond donors (Lipinski definition) is 0. The van der Waals surface area contributed by atoms with Gasteiger partial charge in [0.2, 0.25) is 0 Å². The van der Waals surface area contributed by atoms with Crippen LogP contribution in [0.2, 0.25) is 0 Å². The molecule has 5 heteroatoms. The molecule has 0 N–H and O–H groups in total.